The van der Waals surface area contributed by atoms with Gasteiger partial charge in [-0.25, -0.2) is 0 Å². The number of ether oxygens (including phenoxy) is 3. The fourth-order valence-corrected chi connectivity index (χ4v) is 2.98. The first-order valence-corrected chi connectivity index (χ1v) is 9.01. The van der Waals surface area contributed by atoms with Gasteiger partial charge >= 0.3 is 5.97 Å². The summed E-state index contributed by atoms with van der Waals surface area (Å²) in [5.41, 5.74) is 2.19. The smallest absolute Gasteiger partial charge is 0.323 e. The van der Waals surface area contributed by atoms with Crippen LogP contribution in [0.4, 0.5) is 0 Å². The van der Waals surface area contributed by atoms with E-state index in [0.717, 1.165) is 29.9 Å². The maximum atomic E-state index is 11.5. The summed E-state index contributed by atoms with van der Waals surface area (Å²) in [6, 6.07) is 5.78. The quantitative estimate of drug-likeness (QED) is 0.462. The predicted molar refractivity (Wildman–Crippen MR) is 80.0 cm³/mol. The second-order valence-corrected chi connectivity index (χ2v) is 7.23. The third-order valence-electron chi connectivity index (χ3n) is 3.80. The Morgan fingerprint density at radius 2 is 2.13 bits per heavy atom. The molecule has 126 valence electrons. The Labute approximate surface area is 134 Å². The van der Waals surface area contributed by atoms with Crippen molar-refractivity contribution in [3.8, 4) is 5.75 Å². The predicted octanol–water partition coefficient (Wildman–Crippen LogP) is 0.753. The highest BCUT2D eigenvalue weighted by molar-refractivity contribution is 7.86. The van der Waals surface area contributed by atoms with Crippen LogP contribution in [-0.2, 0) is 37.2 Å². The van der Waals surface area contributed by atoms with Crippen LogP contribution in [0.1, 0.15) is 17.5 Å². The van der Waals surface area contributed by atoms with Crippen molar-refractivity contribution in [2.24, 2.45) is 0 Å². The lowest BCUT2D eigenvalue weighted by atomic mass is 9.89. The van der Waals surface area contributed by atoms with Crippen LogP contribution >= 0.6 is 0 Å². The van der Waals surface area contributed by atoms with Crippen molar-refractivity contribution in [3.05, 3.63) is 29.3 Å². The van der Waals surface area contributed by atoms with Gasteiger partial charge in [0.15, 0.2) is 5.75 Å². The molecule has 1 fully saturated rings. The Balaban J connectivity index is 1.56. The number of rotatable bonds is 6. The highest BCUT2D eigenvalue weighted by Crippen LogP contribution is 2.27. The van der Waals surface area contributed by atoms with Crippen molar-refractivity contribution < 1.29 is 32.0 Å². The molecule has 1 aromatic rings. The SMILES string of the molecule is O=C(CS(=O)(=O)O)OC1CCc2cc(OCC3CO3)ccc2C1. The van der Waals surface area contributed by atoms with E-state index in [-0.39, 0.29) is 12.2 Å². The summed E-state index contributed by atoms with van der Waals surface area (Å²) in [5.74, 6) is -1.14. The molecule has 1 aliphatic carbocycles. The maximum absolute atomic E-state index is 11.5. The van der Waals surface area contributed by atoms with Gasteiger partial charge in [0.05, 0.1) is 6.61 Å². The van der Waals surface area contributed by atoms with Crippen LogP contribution < -0.4 is 4.74 Å². The number of carbonyl (C=O) groups is 1. The summed E-state index contributed by atoms with van der Waals surface area (Å²) in [6.07, 6.45) is 1.69. The monoisotopic (exact) mass is 342 g/mol. The molecular formula is C15H18O7S. The third kappa shape index (κ3) is 4.92. The van der Waals surface area contributed by atoms with Gasteiger partial charge < -0.3 is 14.2 Å². The average molecular weight is 342 g/mol. The molecule has 3 rings (SSSR count). The Kier molecular flexibility index (Phi) is 4.56. The Morgan fingerprint density at radius 1 is 1.35 bits per heavy atom. The summed E-state index contributed by atoms with van der Waals surface area (Å²) in [6.45, 7) is 1.30. The van der Waals surface area contributed by atoms with Gasteiger partial charge in [0, 0.05) is 6.42 Å². The zero-order valence-corrected chi connectivity index (χ0v) is 13.3. The van der Waals surface area contributed by atoms with Gasteiger partial charge in [-0.3, -0.25) is 9.35 Å². The van der Waals surface area contributed by atoms with E-state index in [1.807, 2.05) is 18.2 Å². The van der Waals surface area contributed by atoms with Crippen LogP contribution in [0.5, 0.6) is 5.75 Å². The fourth-order valence-electron chi connectivity index (χ4n) is 2.61. The summed E-state index contributed by atoms with van der Waals surface area (Å²) >= 11 is 0. The van der Waals surface area contributed by atoms with E-state index in [2.05, 4.69) is 0 Å². The Bertz CT molecular complexity index is 694. The van der Waals surface area contributed by atoms with Crippen LogP contribution in [0, 0.1) is 0 Å². The van der Waals surface area contributed by atoms with Crippen molar-refractivity contribution in [2.45, 2.75) is 31.5 Å². The van der Waals surface area contributed by atoms with Gasteiger partial charge in [0.1, 0.15) is 24.6 Å². The standard InChI is InChI=1S/C15H18O7S/c16-15(9-23(17,18)19)22-13-4-2-10-5-12(3-1-11(10)6-13)20-7-14-8-21-14/h1,3,5,13-14H,2,4,6-9H2,(H,17,18,19). The van der Waals surface area contributed by atoms with Crippen molar-refractivity contribution >= 4 is 16.1 Å². The van der Waals surface area contributed by atoms with E-state index in [4.69, 9.17) is 18.8 Å². The first-order chi connectivity index (χ1) is 10.9. The molecule has 0 spiro atoms. The number of benzene rings is 1. The van der Waals surface area contributed by atoms with Crippen LogP contribution in [0.15, 0.2) is 18.2 Å². The summed E-state index contributed by atoms with van der Waals surface area (Å²) < 4.78 is 45.8. The van der Waals surface area contributed by atoms with Crippen molar-refractivity contribution in [2.75, 3.05) is 19.0 Å². The number of epoxide rings is 1. The molecule has 0 bridgehead atoms. The van der Waals surface area contributed by atoms with Gasteiger partial charge in [-0.15, -0.1) is 0 Å². The molecule has 1 N–H and O–H groups in total. The van der Waals surface area contributed by atoms with E-state index in [1.165, 1.54) is 0 Å². The molecule has 7 nitrogen and oxygen atoms in total. The molecule has 1 aliphatic heterocycles. The van der Waals surface area contributed by atoms with Crippen LogP contribution in [0.2, 0.25) is 0 Å². The Hall–Kier alpha value is -1.64. The zero-order valence-electron chi connectivity index (χ0n) is 12.4. The molecule has 0 saturated carbocycles. The summed E-state index contributed by atoms with van der Waals surface area (Å²) in [4.78, 5) is 11.5. The second kappa shape index (κ2) is 6.46. The third-order valence-corrected chi connectivity index (χ3v) is 4.40. The largest absolute Gasteiger partial charge is 0.491 e. The fraction of sp³-hybridized carbons (Fsp3) is 0.533. The van der Waals surface area contributed by atoms with E-state index >= 15 is 0 Å². The van der Waals surface area contributed by atoms with E-state index in [1.54, 1.807) is 0 Å². The van der Waals surface area contributed by atoms with E-state index in [0.29, 0.717) is 19.4 Å². The molecule has 0 aromatic heterocycles. The molecule has 0 radical (unpaired) electrons. The maximum Gasteiger partial charge on any atom is 0.323 e. The normalized spacial score (nSPS) is 23.0. The Morgan fingerprint density at radius 3 is 2.83 bits per heavy atom. The molecule has 2 unspecified atom stereocenters. The van der Waals surface area contributed by atoms with Gasteiger partial charge in [-0.1, -0.05) is 6.07 Å². The van der Waals surface area contributed by atoms with Gasteiger partial charge in [0.25, 0.3) is 10.1 Å². The minimum Gasteiger partial charge on any atom is -0.491 e. The van der Waals surface area contributed by atoms with Crippen LogP contribution in [-0.4, -0.2) is 50.1 Å². The minimum atomic E-state index is -4.35. The van der Waals surface area contributed by atoms with Crippen LogP contribution in [0.25, 0.3) is 0 Å². The minimum absolute atomic E-state index is 0.206. The number of hydrogen-bond donors (Lipinski definition) is 1. The van der Waals surface area contributed by atoms with Gasteiger partial charge in [0.2, 0.25) is 0 Å². The molecule has 2 aliphatic rings. The summed E-state index contributed by atoms with van der Waals surface area (Å²) in [7, 11) is -4.35. The molecule has 0 amide bonds. The lowest BCUT2D eigenvalue weighted by molar-refractivity contribution is -0.146. The van der Waals surface area contributed by atoms with Crippen molar-refractivity contribution in [1.29, 1.82) is 0 Å². The number of carbonyl (C=O) groups excluding carboxylic acids is 1. The topological polar surface area (TPSA) is 102 Å². The zero-order chi connectivity index (χ0) is 16.4. The second-order valence-electron chi connectivity index (χ2n) is 5.78. The highest BCUT2D eigenvalue weighted by Gasteiger charge is 2.25. The van der Waals surface area contributed by atoms with Gasteiger partial charge in [-0.2, -0.15) is 8.42 Å². The van der Waals surface area contributed by atoms with E-state index < -0.39 is 21.8 Å². The molecule has 23 heavy (non-hydrogen) atoms. The highest BCUT2D eigenvalue weighted by atomic mass is 32.2. The number of hydrogen-bond acceptors (Lipinski definition) is 6. The first-order valence-electron chi connectivity index (χ1n) is 7.40. The number of fused-ring (bicyclic) bond motifs is 1. The first kappa shape index (κ1) is 16.2. The van der Waals surface area contributed by atoms with Crippen molar-refractivity contribution in [1.82, 2.24) is 0 Å². The number of esters is 1. The van der Waals surface area contributed by atoms with Crippen molar-refractivity contribution in [3.63, 3.8) is 0 Å². The lowest BCUT2D eigenvalue weighted by Gasteiger charge is -2.25. The lowest BCUT2D eigenvalue weighted by Crippen LogP contribution is -2.28. The van der Waals surface area contributed by atoms with E-state index in [9.17, 15) is 13.2 Å². The molecule has 1 saturated heterocycles. The number of aryl methyl sites for hydroxylation is 1. The molecule has 1 aromatic carbocycles. The van der Waals surface area contributed by atoms with Gasteiger partial charge in [-0.05, 0) is 36.1 Å². The molecule has 2 atom stereocenters. The average Bonchev–Trinajstić information content (AvgIpc) is 3.27. The summed E-state index contributed by atoms with van der Waals surface area (Å²) in [5, 5.41) is 0. The molecule has 8 heteroatoms. The molecule has 1 heterocycles. The molecular weight excluding hydrogens is 324 g/mol. The van der Waals surface area contributed by atoms with Crippen LogP contribution in [0.3, 0.4) is 0 Å².